The van der Waals surface area contributed by atoms with Crippen LogP contribution in [0.2, 0.25) is 0 Å². The molecular formula is C14H21NO4. The van der Waals surface area contributed by atoms with Gasteiger partial charge in [0.2, 0.25) is 5.75 Å². The van der Waals surface area contributed by atoms with Gasteiger partial charge in [-0.3, -0.25) is 0 Å². The molecule has 0 aliphatic carbocycles. The summed E-state index contributed by atoms with van der Waals surface area (Å²) in [7, 11) is 3.20. The summed E-state index contributed by atoms with van der Waals surface area (Å²) < 4.78 is 16.2. The summed E-state index contributed by atoms with van der Waals surface area (Å²) >= 11 is 0. The van der Waals surface area contributed by atoms with Crippen LogP contribution < -0.4 is 14.2 Å². The van der Waals surface area contributed by atoms with E-state index < -0.39 is 0 Å². The third kappa shape index (κ3) is 4.05. The van der Waals surface area contributed by atoms with Crippen molar-refractivity contribution in [3.63, 3.8) is 0 Å². The molecule has 1 N–H and O–H groups in total. The van der Waals surface area contributed by atoms with Gasteiger partial charge in [-0.1, -0.05) is 5.16 Å². The fraction of sp³-hybridized carbons (Fsp3) is 0.500. The lowest BCUT2D eigenvalue weighted by atomic mass is 10.1. The van der Waals surface area contributed by atoms with E-state index in [9.17, 15) is 0 Å². The number of oxime groups is 1. The first-order valence-corrected chi connectivity index (χ1v) is 6.21. The molecule has 1 aromatic carbocycles. The molecule has 5 nitrogen and oxygen atoms in total. The van der Waals surface area contributed by atoms with Crippen molar-refractivity contribution < 1.29 is 19.4 Å². The van der Waals surface area contributed by atoms with Gasteiger partial charge in [-0.15, -0.1) is 0 Å². The van der Waals surface area contributed by atoms with E-state index in [0.717, 1.165) is 12.0 Å². The highest BCUT2D eigenvalue weighted by molar-refractivity contribution is 5.81. The highest BCUT2D eigenvalue weighted by Gasteiger charge is 2.13. The molecule has 106 valence electrons. The summed E-state index contributed by atoms with van der Waals surface area (Å²) in [6.45, 7) is 4.24. The molecule has 0 unspecified atom stereocenters. The molecule has 0 amide bonds. The maximum atomic E-state index is 8.65. The lowest BCUT2D eigenvalue weighted by Crippen LogP contribution is -2.01. The quantitative estimate of drug-likeness (QED) is 0.469. The maximum absolute atomic E-state index is 8.65. The van der Waals surface area contributed by atoms with Crippen LogP contribution in [0.25, 0.3) is 0 Å². The second-order valence-corrected chi connectivity index (χ2v) is 4.10. The molecule has 0 spiro atoms. The Morgan fingerprint density at radius 2 is 1.79 bits per heavy atom. The zero-order valence-corrected chi connectivity index (χ0v) is 11.9. The summed E-state index contributed by atoms with van der Waals surface area (Å²) in [6.07, 6.45) is 1.42. The molecule has 0 saturated carbocycles. The molecule has 0 saturated heterocycles. The van der Waals surface area contributed by atoms with Gasteiger partial charge in [0.05, 0.1) is 26.5 Å². The molecule has 5 heteroatoms. The number of hydrogen-bond acceptors (Lipinski definition) is 5. The largest absolute Gasteiger partial charge is 0.493 e. The van der Waals surface area contributed by atoms with Crippen molar-refractivity contribution in [2.75, 3.05) is 20.8 Å². The highest BCUT2D eigenvalue weighted by Crippen LogP contribution is 2.38. The Hall–Kier alpha value is -1.91. The fourth-order valence-corrected chi connectivity index (χ4v) is 1.74. The standard InChI is InChI=1S/C14H21NO4/c1-5-19-14-12(17-3)8-11(9-13(14)18-4)7-6-10(2)15-16/h8-9,16H,5-7H2,1-4H3/b15-10+. The SMILES string of the molecule is CCOc1c(OC)cc(CC/C(C)=N/O)cc1OC. The molecular weight excluding hydrogens is 246 g/mol. The maximum Gasteiger partial charge on any atom is 0.203 e. The summed E-state index contributed by atoms with van der Waals surface area (Å²) in [4.78, 5) is 0. The van der Waals surface area contributed by atoms with Crippen molar-refractivity contribution >= 4 is 5.71 Å². The Kier molecular flexibility index (Phi) is 5.99. The highest BCUT2D eigenvalue weighted by atomic mass is 16.5. The number of nitrogens with zero attached hydrogens (tertiary/aromatic N) is 1. The zero-order valence-electron chi connectivity index (χ0n) is 11.9. The van der Waals surface area contributed by atoms with Crippen LogP contribution in [0, 0.1) is 0 Å². The minimum absolute atomic E-state index is 0.544. The van der Waals surface area contributed by atoms with Crippen molar-refractivity contribution in [1.82, 2.24) is 0 Å². The average Bonchev–Trinajstić information content (AvgIpc) is 2.45. The lowest BCUT2D eigenvalue weighted by molar-refractivity contribution is 0.288. The number of methoxy groups -OCH3 is 2. The van der Waals surface area contributed by atoms with E-state index in [1.807, 2.05) is 19.1 Å². The molecule has 0 fully saturated rings. The molecule has 0 radical (unpaired) electrons. The molecule has 0 aromatic heterocycles. The van der Waals surface area contributed by atoms with Crippen molar-refractivity contribution in [3.8, 4) is 17.2 Å². The van der Waals surface area contributed by atoms with Crippen LogP contribution in [0.15, 0.2) is 17.3 Å². The molecule has 19 heavy (non-hydrogen) atoms. The third-order valence-corrected chi connectivity index (χ3v) is 2.76. The van der Waals surface area contributed by atoms with E-state index in [1.54, 1.807) is 21.1 Å². The molecule has 0 heterocycles. The minimum atomic E-state index is 0.544. The predicted octanol–water partition coefficient (Wildman–Crippen LogP) is 2.89. The van der Waals surface area contributed by atoms with E-state index in [2.05, 4.69) is 5.16 Å². The Morgan fingerprint density at radius 3 is 2.21 bits per heavy atom. The Morgan fingerprint density at radius 1 is 1.21 bits per heavy atom. The molecule has 0 aliphatic rings. The van der Waals surface area contributed by atoms with Gasteiger partial charge in [-0.2, -0.15) is 0 Å². The lowest BCUT2D eigenvalue weighted by Gasteiger charge is -2.15. The summed E-state index contributed by atoms with van der Waals surface area (Å²) in [6, 6.07) is 3.83. The molecule has 0 aliphatic heterocycles. The van der Waals surface area contributed by atoms with Gasteiger partial charge < -0.3 is 19.4 Å². The number of ether oxygens (including phenoxy) is 3. The fourth-order valence-electron chi connectivity index (χ4n) is 1.74. The summed E-state index contributed by atoms with van der Waals surface area (Å²) in [5.74, 6) is 1.91. The van der Waals surface area contributed by atoms with Gasteiger partial charge in [0.15, 0.2) is 11.5 Å². The van der Waals surface area contributed by atoms with Crippen LogP contribution in [0.1, 0.15) is 25.8 Å². The number of hydrogen-bond donors (Lipinski definition) is 1. The van der Waals surface area contributed by atoms with E-state index >= 15 is 0 Å². The molecule has 1 rings (SSSR count). The minimum Gasteiger partial charge on any atom is -0.493 e. The smallest absolute Gasteiger partial charge is 0.203 e. The number of rotatable bonds is 7. The van der Waals surface area contributed by atoms with Gasteiger partial charge in [-0.05, 0) is 44.4 Å². The van der Waals surface area contributed by atoms with Crippen LogP contribution in [0.5, 0.6) is 17.2 Å². The topological polar surface area (TPSA) is 60.3 Å². The normalized spacial score (nSPS) is 11.3. The predicted molar refractivity (Wildman–Crippen MR) is 73.9 cm³/mol. The van der Waals surface area contributed by atoms with Gasteiger partial charge >= 0.3 is 0 Å². The zero-order chi connectivity index (χ0) is 14.3. The first-order chi connectivity index (χ1) is 9.15. The average molecular weight is 267 g/mol. The van der Waals surface area contributed by atoms with Crippen LogP contribution in [0.3, 0.4) is 0 Å². The van der Waals surface area contributed by atoms with Crippen LogP contribution in [0.4, 0.5) is 0 Å². The summed E-state index contributed by atoms with van der Waals surface area (Å²) in [5.41, 5.74) is 1.73. The van der Waals surface area contributed by atoms with Crippen molar-refractivity contribution in [1.29, 1.82) is 0 Å². The van der Waals surface area contributed by atoms with Gasteiger partial charge in [0.1, 0.15) is 0 Å². The van der Waals surface area contributed by atoms with Crippen LogP contribution in [-0.4, -0.2) is 31.7 Å². The first kappa shape index (κ1) is 15.1. The van der Waals surface area contributed by atoms with Crippen LogP contribution in [-0.2, 0) is 6.42 Å². The van der Waals surface area contributed by atoms with E-state index in [1.165, 1.54) is 0 Å². The molecule has 1 aromatic rings. The number of aryl methyl sites for hydroxylation is 1. The second kappa shape index (κ2) is 7.51. The monoisotopic (exact) mass is 267 g/mol. The second-order valence-electron chi connectivity index (χ2n) is 4.10. The first-order valence-electron chi connectivity index (χ1n) is 6.21. The summed E-state index contributed by atoms with van der Waals surface area (Å²) in [5, 5.41) is 11.8. The van der Waals surface area contributed by atoms with Crippen molar-refractivity contribution in [2.45, 2.75) is 26.7 Å². The Balaban J connectivity index is 3.01. The molecule has 0 atom stereocenters. The third-order valence-electron chi connectivity index (χ3n) is 2.76. The number of benzene rings is 1. The van der Waals surface area contributed by atoms with Crippen molar-refractivity contribution in [2.24, 2.45) is 5.16 Å². The van der Waals surface area contributed by atoms with E-state index in [-0.39, 0.29) is 0 Å². The van der Waals surface area contributed by atoms with Gasteiger partial charge in [0, 0.05) is 0 Å². The Bertz CT molecular complexity index is 418. The Labute approximate surface area is 113 Å². The van der Waals surface area contributed by atoms with E-state index in [4.69, 9.17) is 19.4 Å². The van der Waals surface area contributed by atoms with Gasteiger partial charge in [0.25, 0.3) is 0 Å². The van der Waals surface area contributed by atoms with Crippen molar-refractivity contribution in [3.05, 3.63) is 17.7 Å². The molecule has 0 bridgehead atoms. The van der Waals surface area contributed by atoms with Crippen LogP contribution >= 0.6 is 0 Å². The van der Waals surface area contributed by atoms with Gasteiger partial charge in [-0.25, -0.2) is 0 Å². The van der Waals surface area contributed by atoms with E-state index in [0.29, 0.717) is 36.0 Å².